The monoisotopic (exact) mass is 558 g/mol. The highest BCUT2D eigenvalue weighted by Crippen LogP contribution is 2.47. The summed E-state index contributed by atoms with van der Waals surface area (Å²) in [4.78, 5) is 29.0. The fourth-order valence-electron chi connectivity index (χ4n) is 5.52. The highest BCUT2D eigenvalue weighted by Gasteiger charge is 2.62. The molecule has 2 bridgehead atoms. The molecule has 3 saturated heterocycles. The molecule has 5 heterocycles. The van der Waals surface area contributed by atoms with Crippen LogP contribution in [-0.4, -0.2) is 70.3 Å². The SMILES string of the molecule is CC(C)(C)CCN1C(=O)C(C2=NS(=O)(=O)c3c(CNS(C)(=O)=O)csc3N2)C(=O)C2C3CCC(O3)C21. The number of carbonyl (C=O) groups is 2. The fourth-order valence-corrected chi connectivity index (χ4v) is 8.58. The number of ether oxygens (including phenoxy) is 1. The van der Waals surface area contributed by atoms with Crippen LogP contribution in [0.25, 0.3) is 0 Å². The van der Waals surface area contributed by atoms with Crippen LogP contribution in [0.4, 0.5) is 5.00 Å². The van der Waals surface area contributed by atoms with Crippen LogP contribution in [0.2, 0.25) is 0 Å². The van der Waals surface area contributed by atoms with Crippen molar-refractivity contribution in [1.82, 2.24) is 9.62 Å². The van der Waals surface area contributed by atoms with E-state index in [0.717, 1.165) is 30.4 Å². The Hall–Kier alpha value is -1.87. The summed E-state index contributed by atoms with van der Waals surface area (Å²) >= 11 is 1.05. The maximum absolute atomic E-state index is 13.8. The third-order valence-electron chi connectivity index (χ3n) is 7.17. The molecule has 4 aliphatic heterocycles. The van der Waals surface area contributed by atoms with Gasteiger partial charge in [-0.25, -0.2) is 13.1 Å². The summed E-state index contributed by atoms with van der Waals surface area (Å²) in [5, 5.41) is 4.65. The third-order valence-corrected chi connectivity index (χ3v) is 10.3. The lowest BCUT2D eigenvalue weighted by Gasteiger charge is -2.44. The average Bonchev–Trinajstić information content (AvgIpc) is 3.45. The molecule has 14 heteroatoms. The number of amidine groups is 1. The van der Waals surface area contributed by atoms with Crippen LogP contribution in [0.1, 0.15) is 45.6 Å². The van der Waals surface area contributed by atoms with Gasteiger partial charge in [-0.05, 0) is 30.1 Å². The molecule has 0 radical (unpaired) electrons. The normalized spacial score (nSPS) is 31.2. The second-order valence-corrected chi connectivity index (χ2v) is 15.3. The number of carbonyl (C=O) groups excluding carboxylic acids is 2. The van der Waals surface area contributed by atoms with Gasteiger partial charge in [0.15, 0.2) is 11.7 Å². The van der Waals surface area contributed by atoms with Crippen LogP contribution < -0.4 is 10.0 Å². The van der Waals surface area contributed by atoms with Crippen molar-refractivity contribution >= 4 is 53.9 Å². The minimum Gasteiger partial charge on any atom is -0.372 e. The zero-order valence-corrected chi connectivity index (χ0v) is 22.9. The molecular weight excluding hydrogens is 528 g/mol. The highest BCUT2D eigenvalue weighted by molar-refractivity contribution is 7.91. The lowest BCUT2D eigenvalue weighted by Crippen LogP contribution is -2.63. The molecule has 5 atom stereocenters. The molecule has 3 fully saturated rings. The lowest BCUT2D eigenvalue weighted by atomic mass is 9.73. The van der Waals surface area contributed by atoms with Crippen LogP contribution in [0.3, 0.4) is 0 Å². The van der Waals surface area contributed by atoms with Gasteiger partial charge < -0.3 is 15.0 Å². The minimum absolute atomic E-state index is 0.0442. The molecule has 1 aromatic heterocycles. The number of nitrogens with zero attached hydrogens (tertiary/aromatic N) is 2. The molecule has 36 heavy (non-hydrogen) atoms. The van der Waals surface area contributed by atoms with Crippen LogP contribution in [0.15, 0.2) is 14.7 Å². The molecule has 1 aromatic rings. The first kappa shape index (κ1) is 25.8. The minimum atomic E-state index is -4.28. The quantitative estimate of drug-likeness (QED) is 0.496. The van der Waals surface area contributed by atoms with Crippen molar-refractivity contribution in [2.45, 2.75) is 69.7 Å². The Balaban J connectivity index is 1.48. The number of nitrogens with one attached hydrogen (secondary N) is 2. The number of likely N-dealkylation sites (tertiary alicyclic amines) is 1. The fraction of sp³-hybridized carbons (Fsp3) is 0.682. The Kier molecular flexibility index (Phi) is 6.14. The molecule has 4 aliphatic rings. The van der Waals surface area contributed by atoms with Crippen LogP contribution in [0, 0.1) is 17.3 Å². The molecule has 2 N–H and O–H groups in total. The Labute approximate surface area is 214 Å². The summed E-state index contributed by atoms with van der Waals surface area (Å²) in [6.07, 6.45) is 2.74. The molecule has 11 nitrogen and oxygen atoms in total. The van der Waals surface area contributed by atoms with Crippen molar-refractivity contribution in [3.05, 3.63) is 10.9 Å². The molecule has 1 amide bonds. The second kappa shape index (κ2) is 8.58. The van der Waals surface area contributed by atoms with Gasteiger partial charge in [-0.1, -0.05) is 20.8 Å². The smallest absolute Gasteiger partial charge is 0.287 e. The first-order chi connectivity index (χ1) is 16.7. The molecule has 5 unspecified atom stereocenters. The molecular formula is C22H30N4O7S3. The Morgan fingerprint density at radius 3 is 2.61 bits per heavy atom. The maximum atomic E-state index is 13.8. The van der Waals surface area contributed by atoms with E-state index in [1.54, 1.807) is 4.90 Å². The van der Waals surface area contributed by atoms with E-state index in [4.69, 9.17) is 4.74 Å². The number of fused-ring (bicyclic) bond motifs is 6. The Morgan fingerprint density at radius 2 is 1.94 bits per heavy atom. The second-order valence-electron chi connectivity index (χ2n) is 11.1. The number of amides is 1. The van der Waals surface area contributed by atoms with Crippen molar-refractivity contribution < 1.29 is 31.2 Å². The van der Waals surface area contributed by atoms with Crippen LogP contribution in [-0.2, 0) is 40.9 Å². The lowest BCUT2D eigenvalue weighted by molar-refractivity contribution is -0.151. The van der Waals surface area contributed by atoms with Gasteiger partial charge in [0.05, 0.1) is 30.4 Å². The summed E-state index contributed by atoms with van der Waals surface area (Å²) in [6.45, 7) is 6.44. The van der Waals surface area contributed by atoms with E-state index in [9.17, 15) is 26.4 Å². The number of rotatable bonds is 6. The van der Waals surface area contributed by atoms with Crippen molar-refractivity contribution in [2.75, 3.05) is 18.1 Å². The summed E-state index contributed by atoms with van der Waals surface area (Å²) in [6, 6.07) is -0.339. The number of sulfonamides is 2. The van der Waals surface area contributed by atoms with E-state index in [0.29, 0.717) is 13.0 Å². The van der Waals surface area contributed by atoms with Crippen LogP contribution >= 0.6 is 11.3 Å². The zero-order chi connectivity index (χ0) is 26.2. The predicted molar refractivity (Wildman–Crippen MR) is 134 cm³/mol. The summed E-state index contributed by atoms with van der Waals surface area (Å²) in [5.74, 6) is -2.90. The summed E-state index contributed by atoms with van der Waals surface area (Å²) in [5.41, 5.74) is 0.197. The average molecular weight is 559 g/mol. The molecule has 0 aliphatic carbocycles. The maximum Gasteiger partial charge on any atom is 0.287 e. The standard InChI is InChI=1S/C22H30N4O7S3/c1-22(2,3)7-8-26-16-13-6-5-12(33-13)14(16)17(27)15(21(26)28)19-24-20-18(36(31,32)25-19)11(10-34-20)9-23-35(4,29)30/h10,12-16,23H,5-9H2,1-4H3,(H,24,25). The topological polar surface area (TPSA) is 151 Å². The van der Waals surface area contributed by atoms with Gasteiger partial charge in [0.25, 0.3) is 10.0 Å². The first-order valence-electron chi connectivity index (χ1n) is 11.8. The Morgan fingerprint density at radius 1 is 1.25 bits per heavy atom. The molecule has 5 rings (SSSR count). The van der Waals surface area contributed by atoms with E-state index < -0.39 is 37.8 Å². The van der Waals surface area contributed by atoms with Gasteiger partial charge in [-0.15, -0.1) is 15.7 Å². The van der Waals surface area contributed by atoms with Crippen LogP contribution in [0.5, 0.6) is 0 Å². The van der Waals surface area contributed by atoms with Crippen molar-refractivity contribution in [2.24, 2.45) is 21.6 Å². The first-order valence-corrected chi connectivity index (χ1v) is 16.0. The van der Waals surface area contributed by atoms with Crippen molar-refractivity contribution in [3.8, 4) is 0 Å². The Bertz CT molecular complexity index is 1360. The molecule has 0 spiro atoms. The largest absolute Gasteiger partial charge is 0.372 e. The molecule has 0 aromatic carbocycles. The number of hydrogen-bond donors (Lipinski definition) is 2. The third kappa shape index (κ3) is 4.51. The molecule has 0 saturated carbocycles. The van der Waals surface area contributed by atoms with Gasteiger partial charge in [-0.2, -0.15) is 8.42 Å². The van der Waals surface area contributed by atoms with Crippen molar-refractivity contribution in [1.29, 1.82) is 0 Å². The number of hydrogen-bond acceptors (Lipinski definition) is 9. The summed E-state index contributed by atoms with van der Waals surface area (Å²) in [7, 11) is -7.83. The van der Waals surface area contributed by atoms with Gasteiger partial charge in [-0.3, -0.25) is 9.59 Å². The number of anilines is 1. The van der Waals surface area contributed by atoms with E-state index in [1.807, 2.05) is 0 Å². The van der Waals surface area contributed by atoms with E-state index in [2.05, 4.69) is 35.2 Å². The zero-order valence-electron chi connectivity index (χ0n) is 20.5. The number of thiophene rings is 1. The van der Waals surface area contributed by atoms with Gasteiger partial charge in [0.2, 0.25) is 15.9 Å². The van der Waals surface area contributed by atoms with E-state index in [-0.39, 0.29) is 57.3 Å². The predicted octanol–water partition coefficient (Wildman–Crippen LogP) is 1.32. The number of ketones is 1. The van der Waals surface area contributed by atoms with Gasteiger partial charge in [0, 0.05) is 18.7 Å². The van der Waals surface area contributed by atoms with Gasteiger partial charge in [0.1, 0.15) is 15.7 Å². The van der Waals surface area contributed by atoms with Crippen molar-refractivity contribution in [3.63, 3.8) is 0 Å². The number of Topliss-reactive ketones (excluding diaryl/α,β-unsaturated/α-hetero) is 1. The van der Waals surface area contributed by atoms with Gasteiger partial charge >= 0.3 is 0 Å². The van der Waals surface area contributed by atoms with E-state index >= 15 is 0 Å². The summed E-state index contributed by atoms with van der Waals surface area (Å²) < 4.78 is 61.5. The van der Waals surface area contributed by atoms with E-state index in [1.165, 1.54) is 5.38 Å². The number of piperidine rings is 1. The molecule has 198 valence electrons. The highest BCUT2D eigenvalue weighted by atomic mass is 32.2.